The van der Waals surface area contributed by atoms with Gasteiger partial charge in [0, 0.05) is 5.75 Å². The summed E-state index contributed by atoms with van der Waals surface area (Å²) in [5.74, 6) is 0.994. The highest BCUT2D eigenvalue weighted by atomic mass is 32.2. The van der Waals surface area contributed by atoms with Crippen LogP contribution >= 0.6 is 11.8 Å². The van der Waals surface area contributed by atoms with Crippen molar-refractivity contribution in [1.82, 2.24) is 0 Å². The number of carboxylic acids is 1. The third-order valence-electron chi connectivity index (χ3n) is 2.47. The number of aliphatic carboxylic acids is 1. The lowest BCUT2D eigenvalue weighted by Gasteiger charge is -2.07. The molecule has 88 valence electrons. The van der Waals surface area contributed by atoms with Gasteiger partial charge in [-0.1, -0.05) is 31.2 Å². The van der Waals surface area contributed by atoms with Crippen LogP contribution in [-0.4, -0.2) is 16.8 Å². The molecule has 0 heterocycles. The van der Waals surface area contributed by atoms with E-state index >= 15 is 0 Å². The first-order chi connectivity index (χ1) is 7.65. The SMILES string of the molecule is CCCSCc1ccc(C(C)C(=O)O)cc1. The highest BCUT2D eigenvalue weighted by Gasteiger charge is 2.12. The number of carbonyl (C=O) groups is 1. The van der Waals surface area contributed by atoms with Gasteiger partial charge in [0.2, 0.25) is 0 Å². The Kier molecular flexibility index (Phi) is 5.39. The van der Waals surface area contributed by atoms with Gasteiger partial charge in [-0.25, -0.2) is 0 Å². The topological polar surface area (TPSA) is 37.3 Å². The zero-order chi connectivity index (χ0) is 12.0. The minimum Gasteiger partial charge on any atom is -0.481 e. The summed E-state index contributed by atoms with van der Waals surface area (Å²) in [6.07, 6.45) is 1.19. The van der Waals surface area contributed by atoms with Crippen molar-refractivity contribution in [3.05, 3.63) is 35.4 Å². The van der Waals surface area contributed by atoms with Crippen LogP contribution in [-0.2, 0) is 10.5 Å². The van der Waals surface area contributed by atoms with Gasteiger partial charge >= 0.3 is 5.97 Å². The number of carboxylic acid groups (broad SMARTS) is 1. The van der Waals surface area contributed by atoms with Crippen molar-refractivity contribution < 1.29 is 9.90 Å². The summed E-state index contributed by atoms with van der Waals surface area (Å²) in [5.41, 5.74) is 2.14. The van der Waals surface area contributed by atoms with E-state index in [1.54, 1.807) is 6.92 Å². The molecule has 2 nitrogen and oxygen atoms in total. The predicted molar refractivity (Wildman–Crippen MR) is 68.9 cm³/mol. The normalized spacial score (nSPS) is 12.4. The van der Waals surface area contributed by atoms with Crippen LogP contribution < -0.4 is 0 Å². The molecule has 0 fully saturated rings. The quantitative estimate of drug-likeness (QED) is 0.770. The van der Waals surface area contributed by atoms with Crippen molar-refractivity contribution in [2.75, 3.05) is 5.75 Å². The van der Waals surface area contributed by atoms with Crippen LogP contribution in [0.4, 0.5) is 0 Å². The van der Waals surface area contributed by atoms with E-state index in [1.165, 1.54) is 17.7 Å². The molecule has 1 N–H and O–H groups in total. The van der Waals surface area contributed by atoms with Gasteiger partial charge < -0.3 is 5.11 Å². The van der Waals surface area contributed by atoms with E-state index in [0.717, 1.165) is 11.3 Å². The Morgan fingerprint density at radius 2 is 2.00 bits per heavy atom. The second kappa shape index (κ2) is 6.59. The van der Waals surface area contributed by atoms with Crippen LogP contribution in [0.15, 0.2) is 24.3 Å². The monoisotopic (exact) mass is 238 g/mol. The molecular formula is C13H18O2S. The first-order valence-electron chi connectivity index (χ1n) is 5.54. The van der Waals surface area contributed by atoms with Crippen LogP contribution in [0.2, 0.25) is 0 Å². The summed E-state index contributed by atoms with van der Waals surface area (Å²) in [6.45, 7) is 3.88. The minimum atomic E-state index is -0.770. The van der Waals surface area contributed by atoms with Gasteiger partial charge in [-0.05, 0) is 30.2 Å². The summed E-state index contributed by atoms with van der Waals surface area (Å²) in [6, 6.07) is 7.89. The van der Waals surface area contributed by atoms with E-state index in [4.69, 9.17) is 5.11 Å². The van der Waals surface area contributed by atoms with Gasteiger partial charge in [-0.15, -0.1) is 0 Å². The van der Waals surface area contributed by atoms with Crippen molar-refractivity contribution in [3.8, 4) is 0 Å². The van der Waals surface area contributed by atoms with E-state index in [-0.39, 0.29) is 0 Å². The average molecular weight is 238 g/mol. The molecule has 0 aromatic heterocycles. The van der Waals surface area contributed by atoms with Crippen LogP contribution in [0.1, 0.15) is 37.3 Å². The highest BCUT2D eigenvalue weighted by Crippen LogP contribution is 2.18. The summed E-state index contributed by atoms with van der Waals surface area (Å²) in [7, 11) is 0. The van der Waals surface area contributed by atoms with Crippen molar-refractivity contribution in [3.63, 3.8) is 0 Å². The van der Waals surface area contributed by atoms with Crippen LogP contribution in [0.5, 0.6) is 0 Å². The lowest BCUT2D eigenvalue weighted by molar-refractivity contribution is -0.138. The van der Waals surface area contributed by atoms with Gasteiger partial charge in [0.1, 0.15) is 0 Å². The number of hydrogen-bond acceptors (Lipinski definition) is 2. The van der Waals surface area contributed by atoms with E-state index < -0.39 is 11.9 Å². The Morgan fingerprint density at radius 1 is 1.38 bits per heavy atom. The predicted octanol–water partition coefficient (Wildman–Crippen LogP) is 3.52. The fourth-order valence-corrected chi connectivity index (χ4v) is 2.24. The molecule has 0 saturated carbocycles. The standard InChI is InChI=1S/C13H18O2S/c1-3-8-16-9-11-4-6-12(7-5-11)10(2)13(14)15/h4-7,10H,3,8-9H2,1-2H3,(H,14,15). The molecule has 1 unspecified atom stereocenters. The maximum absolute atomic E-state index is 10.8. The van der Waals surface area contributed by atoms with Crippen LogP contribution in [0.25, 0.3) is 0 Å². The summed E-state index contributed by atoms with van der Waals surface area (Å²) < 4.78 is 0. The zero-order valence-corrected chi connectivity index (χ0v) is 10.6. The van der Waals surface area contributed by atoms with Gasteiger partial charge in [-0.3, -0.25) is 4.79 Å². The van der Waals surface area contributed by atoms with Crippen LogP contribution in [0, 0.1) is 0 Å². The van der Waals surface area contributed by atoms with Crippen LogP contribution in [0.3, 0.4) is 0 Å². The maximum atomic E-state index is 10.8. The number of thioether (sulfide) groups is 1. The van der Waals surface area contributed by atoms with Gasteiger partial charge in [0.15, 0.2) is 0 Å². The van der Waals surface area contributed by atoms with E-state index in [9.17, 15) is 4.79 Å². The molecule has 1 aromatic rings. The number of rotatable bonds is 6. The number of benzene rings is 1. The second-order valence-corrected chi connectivity index (χ2v) is 4.96. The molecule has 16 heavy (non-hydrogen) atoms. The molecule has 1 rings (SSSR count). The molecule has 0 amide bonds. The van der Waals surface area contributed by atoms with Gasteiger partial charge in [-0.2, -0.15) is 11.8 Å². The van der Waals surface area contributed by atoms with E-state index in [0.29, 0.717) is 0 Å². The Bertz CT molecular complexity index is 332. The molecule has 1 aromatic carbocycles. The highest BCUT2D eigenvalue weighted by molar-refractivity contribution is 7.98. The lowest BCUT2D eigenvalue weighted by Crippen LogP contribution is -2.07. The van der Waals surface area contributed by atoms with Crippen molar-refractivity contribution in [1.29, 1.82) is 0 Å². The van der Waals surface area contributed by atoms with Crippen molar-refractivity contribution in [2.24, 2.45) is 0 Å². The molecule has 0 aliphatic rings. The van der Waals surface area contributed by atoms with Crippen molar-refractivity contribution in [2.45, 2.75) is 31.9 Å². The lowest BCUT2D eigenvalue weighted by atomic mass is 10.0. The molecule has 0 saturated heterocycles. The molecule has 0 aliphatic heterocycles. The second-order valence-electron chi connectivity index (χ2n) is 3.85. The van der Waals surface area contributed by atoms with Gasteiger partial charge in [0.25, 0.3) is 0 Å². The fourth-order valence-electron chi connectivity index (χ4n) is 1.38. The molecule has 3 heteroatoms. The molecule has 0 spiro atoms. The van der Waals surface area contributed by atoms with E-state index in [1.807, 2.05) is 36.0 Å². The molecule has 0 radical (unpaired) electrons. The fraction of sp³-hybridized carbons (Fsp3) is 0.462. The largest absolute Gasteiger partial charge is 0.481 e. The Labute approximate surface area is 101 Å². The first-order valence-corrected chi connectivity index (χ1v) is 6.70. The zero-order valence-electron chi connectivity index (χ0n) is 9.77. The summed E-state index contributed by atoms with van der Waals surface area (Å²) >= 11 is 1.91. The molecule has 0 bridgehead atoms. The smallest absolute Gasteiger partial charge is 0.310 e. The summed E-state index contributed by atoms with van der Waals surface area (Å²) in [4.78, 5) is 10.8. The third-order valence-corrected chi connectivity index (χ3v) is 3.70. The minimum absolute atomic E-state index is 0.419. The summed E-state index contributed by atoms with van der Waals surface area (Å²) in [5, 5.41) is 8.87. The first kappa shape index (κ1) is 13.1. The third kappa shape index (κ3) is 3.89. The Morgan fingerprint density at radius 3 is 2.50 bits per heavy atom. The number of hydrogen-bond donors (Lipinski definition) is 1. The maximum Gasteiger partial charge on any atom is 0.310 e. The molecule has 0 aliphatic carbocycles. The molecular weight excluding hydrogens is 220 g/mol. The van der Waals surface area contributed by atoms with Crippen molar-refractivity contribution >= 4 is 17.7 Å². The average Bonchev–Trinajstić information content (AvgIpc) is 2.29. The Balaban J connectivity index is 2.57. The molecule has 1 atom stereocenters. The van der Waals surface area contributed by atoms with E-state index in [2.05, 4.69) is 6.92 Å². The van der Waals surface area contributed by atoms with Gasteiger partial charge in [0.05, 0.1) is 5.92 Å². The Hall–Kier alpha value is -0.960.